The molecule has 1 atom stereocenters. The van der Waals surface area contributed by atoms with Crippen molar-refractivity contribution in [3.8, 4) is 0 Å². The second-order valence-corrected chi connectivity index (χ2v) is 7.21. The predicted molar refractivity (Wildman–Crippen MR) is 74.0 cm³/mol. The summed E-state index contributed by atoms with van der Waals surface area (Å²) in [4.78, 5) is 1.14. The number of hydrogen-bond donors (Lipinski definition) is 1. The van der Waals surface area contributed by atoms with Crippen LogP contribution in [0.3, 0.4) is 0 Å². The van der Waals surface area contributed by atoms with E-state index in [4.69, 9.17) is 5.73 Å². The Morgan fingerprint density at radius 1 is 1.35 bits per heavy atom. The second-order valence-electron chi connectivity index (χ2n) is 5.34. The summed E-state index contributed by atoms with van der Waals surface area (Å²) in [6.45, 7) is 8.53. The minimum Gasteiger partial charge on any atom is -0.327 e. The van der Waals surface area contributed by atoms with Crippen LogP contribution in [0.4, 0.5) is 4.39 Å². The largest absolute Gasteiger partial charge is 0.327 e. The van der Waals surface area contributed by atoms with Gasteiger partial charge in [0.2, 0.25) is 0 Å². The Balaban J connectivity index is 2.95. The third kappa shape index (κ3) is 5.09. The van der Waals surface area contributed by atoms with Crippen molar-refractivity contribution in [2.24, 2.45) is 5.73 Å². The molecule has 1 rings (SSSR count). The van der Waals surface area contributed by atoms with E-state index in [-0.39, 0.29) is 16.6 Å². The van der Waals surface area contributed by atoms with Gasteiger partial charge in [0.15, 0.2) is 0 Å². The summed E-state index contributed by atoms with van der Waals surface area (Å²) in [5.41, 5.74) is 6.98. The first kappa shape index (κ1) is 14.5. The second kappa shape index (κ2) is 5.87. The lowest BCUT2D eigenvalue weighted by Gasteiger charge is -2.21. The number of halogens is 1. The molecule has 0 fully saturated rings. The van der Waals surface area contributed by atoms with Crippen LogP contribution < -0.4 is 5.73 Å². The highest BCUT2D eigenvalue weighted by Gasteiger charge is 2.16. The lowest BCUT2D eigenvalue weighted by Crippen LogP contribution is -2.22. The average molecular weight is 255 g/mol. The molecule has 0 amide bonds. The Labute approximate surface area is 108 Å². The van der Waals surface area contributed by atoms with Crippen LogP contribution in [0.25, 0.3) is 0 Å². The van der Waals surface area contributed by atoms with Crippen LogP contribution in [-0.4, -0.2) is 10.8 Å². The van der Waals surface area contributed by atoms with Gasteiger partial charge in [-0.1, -0.05) is 27.7 Å². The third-order valence-corrected chi connectivity index (χ3v) is 3.68. The van der Waals surface area contributed by atoms with Crippen LogP contribution in [0.15, 0.2) is 23.1 Å². The van der Waals surface area contributed by atoms with Crippen molar-refractivity contribution >= 4 is 11.8 Å². The van der Waals surface area contributed by atoms with Crippen LogP contribution >= 0.6 is 11.8 Å². The molecular formula is C14H22FNS. The Morgan fingerprint density at radius 3 is 2.53 bits per heavy atom. The first-order valence-corrected chi connectivity index (χ1v) is 6.86. The van der Waals surface area contributed by atoms with Crippen molar-refractivity contribution in [3.63, 3.8) is 0 Å². The molecule has 1 nitrogen and oxygen atoms in total. The van der Waals surface area contributed by atoms with Gasteiger partial charge in [-0.05, 0) is 36.6 Å². The summed E-state index contributed by atoms with van der Waals surface area (Å²) >= 11 is 1.77. The smallest absolute Gasteiger partial charge is 0.123 e. The predicted octanol–water partition coefficient (Wildman–Crippen LogP) is 4.00. The van der Waals surface area contributed by atoms with Gasteiger partial charge < -0.3 is 5.73 Å². The first-order chi connectivity index (χ1) is 7.81. The molecule has 0 spiro atoms. The summed E-state index contributed by atoms with van der Waals surface area (Å²) in [5.74, 6) is -0.179. The van der Waals surface area contributed by atoms with Crippen LogP contribution in [0.2, 0.25) is 0 Å². The van der Waals surface area contributed by atoms with E-state index >= 15 is 0 Å². The molecule has 1 unspecified atom stereocenters. The monoisotopic (exact) mass is 255 g/mol. The van der Waals surface area contributed by atoms with Gasteiger partial charge >= 0.3 is 0 Å². The molecule has 2 N–H and O–H groups in total. The maximum Gasteiger partial charge on any atom is 0.123 e. The molecular weight excluding hydrogens is 233 g/mol. The number of rotatable bonds is 4. The number of thioether (sulfide) groups is 1. The third-order valence-electron chi connectivity index (χ3n) is 2.45. The van der Waals surface area contributed by atoms with E-state index in [0.29, 0.717) is 0 Å². The van der Waals surface area contributed by atoms with E-state index in [1.165, 1.54) is 6.07 Å². The van der Waals surface area contributed by atoms with Gasteiger partial charge in [-0.25, -0.2) is 4.39 Å². The van der Waals surface area contributed by atoms with Gasteiger partial charge in [-0.3, -0.25) is 0 Å². The van der Waals surface area contributed by atoms with E-state index in [1.54, 1.807) is 17.8 Å². The van der Waals surface area contributed by atoms with E-state index in [0.717, 1.165) is 23.3 Å². The molecule has 0 aliphatic heterocycles. The highest BCUT2D eigenvalue weighted by molar-refractivity contribution is 8.00. The first-order valence-electron chi connectivity index (χ1n) is 6.05. The molecule has 0 bridgehead atoms. The van der Waals surface area contributed by atoms with Crippen molar-refractivity contribution < 1.29 is 4.39 Å². The van der Waals surface area contributed by atoms with Crippen LogP contribution in [0.1, 0.15) is 39.7 Å². The molecule has 0 radical (unpaired) electrons. The Kier molecular flexibility index (Phi) is 5.02. The van der Waals surface area contributed by atoms with E-state index < -0.39 is 0 Å². The molecule has 0 saturated heterocycles. The molecule has 0 heterocycles. The zero-order valence-corrected chi connectivity index (χ0v) is 11.9. The lowest BCUT2D eigenvalue weighted by atomic mass is 10.0. The van der Waals surface area contributed by atoms with Crippen molar-refractivity contribution in [1.82, 2.24) is 0 Å². The van der Waals surface area contributed by atoms with Gasteiger partial charge in [0.1, 0.15) is 5.82 Å². The molecule has 0 aliphatic carbocycles. The van der Waals surface area contributed by atoms with Crippen molar-refractivity contribution in [2.75, 3.05) is 0 Å². The summed E-state index contributed by atoms with van der Waals surface area (Å²) in [6.07, 6.45) is 1.66. The van der Waals surface area contributed by atoms with Crippen molar-refractivity contribution in [3.05, 3.63) is 29.6 Å². The minimum absolute atomic E-state index is 0.108. The standard InChI is InChI=1S/C14H22FNS/c1-5-12(16)9-10-8-11(15)6-7-13(10)17-14(2,3)4/h6-8,12H,5,9,16H2,1-4H3. The summed E-state index contributed by atoms with van der Waals surface area (Å²) in [5, 5.41) is 0. The summed E-state index contributed by atoms with van der Waals surface area (Å²) in [6, 6.07) is 5.11. The van der Waals surface area contributed by atoms with Crippen LogP contribution in [-0.2, 0) is 6.42 Å². The zero-order valence-electron chi connectivity index (χ0n) is 11.1. The SMILES string of the molecule is CCC(N)Cc1cc(F)ccc1SC(C)(C)C. The van der Waals surface area contributed by atoms with E-state index in [2.05, 4.69) is 27.7 Å². The van der Waals surface area contributed by atoms with E-state index in [9.17, 15) is 4.39 Å². The quantitative estimate of drug-likeness (QED) is 0.823. The number of nitrogens with two attached hydrogens (primary N) is 1. The number of benzene rings is 1. The fourth-order valence-corrected chi connectivity index (χ4v) is 2.63. The van der Waals surface area contributed by atoms with Crippen LogP contribution in [0.5, 0.6) is 0 Å². The van der Waals surface area contributed by atoms with E-state index in [1.807, 2.05) is 6.07 Å². The molecule has 1 aromatic carbocycles. The topological polar surface area (TPSA) is 26.0 Å². The van der Waals surface area contributed by atoms with Crippen molar-refractivity contribution in [2.45, 2.75) is 56.2 Å². The van der Waals surface area contributed by atoms with Gasteiger partial charge in [-0.15, -0.1) is 11.8 Å². The Bertz CT molecular complexity index is 371. The molecule has 1 aromatic rings. The Hall–Kier alpha value is -0.540. The fourth-order valence-electron chi connectivity index (χ4n) is 1.56. The van der Waals surface area contributed by atoms with Gasteiger partial charge in [-0.2, -0.15) is 0 Å². The van der Waals surface area contributed by atoms with Crippen molar-refractivity contribution in [1.29, 1.82) is 0 Å². The highest BCUT2D eigenvalue weighted by Crippen LogP contribution is 2.34. The maximum absolute atomic E-state index is 13.3. The molecule has 96 valence electrons. The zero-order chi connectivity index (χ0) is 13.1. The lowest BCUT2D eigenvalue weighted by molar-refractivity contribution is 0.609. The van der Waals surface area contributed by atoms with Gasteiger partial charge in [0.05, 0.1) is 0 Å². The maximum atomic E-state index is 13.3. The highest BCUT2D eigenvalue weighted by atomic mass is 32.2. The molecule has 0 saturated carbocycles. The average Bonchev–Trinajstić information content (AvgIpc) is 2.20. The summed E-state index contributed by atoms with van der Waals surface area (Å²) in [7, 11) is 0. The fraction of sp³-hybridized carbons (Fsp3) is 0.571. The molecule has 0 aliphatic rings. The molecule has 3 heteroatoms. The summed E-state index contributed by atoms with van der Waals surface area (Å²) < 4.78 is 13.4. The van der Waals surface area contributed by atoms with Crippen LogP contribution in [0, 0.1) is 5.82 Å². The minimum atomic E-state index is -0.179. The molecule has 0 aromatic heterocycles. The Morgan fingerprint density at radius 2 is 2.00 bits per heavy atom. The molecule has 17 heavy (non-hydrogen) atoms. The number of hydrogen-bond acceptors (Lipinski definition) is 2. The normalized spacial score (nSPS) is 13.8. The van der Waals surface area contributed by atoms with Gasteiger partial charge in [0, 0.05) is 15.7 Å². The van der Waals surface area contributed by atoms with Gasteiger partial charge in [0.25, 0.3) is 0 Å².